The number of nitrogens with zero attached hydrogens (tertiary/aromatic N) is 1. The van der Waals surface area contributed by atoms with Crippen molar-refractivity contribution in [2.75, 3.05) is 13.6 Å². The zero-order valence-corrected chi connectivity index (χ0v) is 12.3. The normalized spacial score (nSPS) is 13.7. The van der Waals surface area contributed by atoms with Crippen molar-refractivity contribution in [2.24, 2.45) is 11.7 Å². The van der Waals surface area contributed by atoms with Crippen molar-refractivity contribution in [3.63, 3.8) is 0 Å². The first-order chi connectivity index (χ1) is 7.85. The van der Waals surface area contributed by atoms with Gasteiger partial charge < -0.3 is 10.6 Å². The number of halogens is 1. The maximum absolute atomic E-state index is 12.3. The summed E-state index contributed by atoms with van der Waals surface area (Å²) in [6.07, 6.45) is 0. The summed E-state index contributed by atoms with van der Waals surface area (Å²) >= 11 is 0. The first kappa shape index (κ1) is 16.9. The summed E-state index contributed by atoms with van der Waals surface area (Å²) in [5.74, 6) is 0.396. The lowest BCUT2D eigenvalue weighted by Crippen LogP contribution is -2.50. The predicted molar refractivity (Wildman–Crippen MR) is 77.7 cm³/mol. The van der Waals surface area contributed by atoms with E-state index >= 15 is 0 Å². The fourth-order valence-electron chi connectivity index (χ4n) is 1.93. The maximum Gasteiger partial charge on any atom is 0.246 e. The zero-order valence-electron chi connectivity index (χ0n) is 11.5. The molecule has 0 radical (unpaired) electrons. The first-order valence-electron chi connectivity index (χ1n) is 5.95. The summed E-state index contributed by atoms with van der Waals surface area (Å²) in [4.78, 5) is 14.0. The molecule has 0 aliphatic carbocycles. The van der Waals surface area contributed by atoms with Gasteiger partial charge in [0.05, 0.1) is 0 Å². The molecule has 1 atom stereocenters. The number of carbonyl (C=O) groups excluding carboxylic acids is 1. The molecule has 4 heteroatoms. The van der Waals surface area contributed by atoms with Crippen LogP contribution >= 0.6 is 12.4 Å². The molecule has 1 rings (SSSR count). The third-order valence-electron chi connectivity index (χ3n) is 2.80. The molecule has 1 aromatic rings. The molecule has 1 amide bonds. The van der Waals surface area contributed by atoms with Gasteiger partial charge in [-0.2, -0.15) is 0 Å². The SMILES string of the molecule is CC(C)CN(C)C(=O)C(C)(N)c1ccccc1.Cl. The van der Waals surface area contributed by atoms with Crippen LogP contribution in [0.5, 0.6) is 0 Å². The van der Waals surface area contributed by atoms with Gasteiger partial charge in [0, 0.05) is 13.6 Å². The highest BCUT2D eigenvalue weighted by atomic mass is 35.5. The molecule has 2 N–H and O–H groups in total. The van der Waals surface area contributed by atoms with Crippen molar-refractivity contribution in [1.82, 2.24) is 4.90 Å². The molecule has 102 valence electrons. The van der Waals surface area contributed by atoms with Crippen LogP contribution in [0.15, 0.2) is 30.3 Å². The van der Waals surface area contributed by atoms with Crippen molar-refractivity contribution < 1.29 is 4.79 Å². The van der Waals surface area contributed by atoms with Crippen LogP contribution in [0.25, 0.3) is 0 Å². The monoisotopic (exact) mass is 270 g/mol. The van der Waals surface area contributed by atoms with Crippen LogP contribution in [0.3, 0.4) is 0 Å². The van der Waals surface area contributed by atoms with Crippen molar-refractivity contribution in [3.8, 4) is 0 Å². The number of carbonyl (C=O) groups is 1. The van der Waals surface area contributed by atoms with Gasteiger partial charge in [-0.1, -0.05) is 44.2 Å². The van der Waals surface area contributed by atoms with E-state index in [1.54, 1.807) is 18.9 Å². The predicted octanol–water partition coefficient (Wildman–Crippen LogP) is 2.40. The van der Waals surface area contributed by atoms with E-state index in [9.17, 15) is 4.79 Å². The van der Waals surface area contributed by atoms with Gasteiger partial charge in [0.2, 0.25) is 5.91 Å². The molecule has 0 saturated heterocycles. The smallest absolute Gasteiger partial charge is 0.246 e. The summed E-state index contributed by atoms with van der Waals surface area (Å²) in [7, 11) is 1.80. The Kier molecular flexibility index (Phi) is 6.36. The minimum Gasteiger partial charge on any atom is -0.344 e. The Hall–Kier alpha value is -1.06. The highest BCUT2D eigenvalue weighted by Gasteiger charge is 2.32. The van der Waals surface area contributed by atoms with E-state index in [4.69, 9.17) is 5.73 Å². The van der Waals surface area contributed by atoms with E-state index in [-0.39, 0.29) is 18.3 Å². The van der Waals surface area contributed by atoms with Crippen molar-refractivity contribution >= 4 is 18.3 Å². The van der Waals surface area contributed by atoms with Crippen molar-refractivity contribution in [1.29, 1.82) is 0 Å². The highest BCUT2D eigenvalue weighted by Crippen LogP contribution is 2.20. The first-order valence-corrected chi connectivity index (χ1v) is 5.95. The van der Waals surface area contributed by atoms with Crippen molar-refractivity contribution in [2.45, 2.75) is 26.3 Å². The summed E-state index contributed by atoms with van der Waals surface area (Å²) in [6.45, 7) is 6.65. The average Bonchev–Trinajstić information content (AvgIpc) is 2.28. The van der Waals surface area contributed by atoms with Crippen LogP contribution in [0.4, 0.5) is 0 Å². The summed E-state index contributed by atoms with van der Waals surface area (Å²) in [5, 5.41) is 0. The van der Waals surface area contributed by atoms with Gasteiger partial charge in [-0.25, -0.2) is 0 Å². The van der Waals surface area contributed by atoms with E-state index in [2.05, 4.69) is 13.8 Å². The number of likely N-dealkylation sites (N-methyl/N-ethyl adjacent to an activating group) is 1. The molecule has 0 aliphatic rings. The summed E-state index contributed by atoms with van der Waals surface area (Å²) < 4.78 is 0. The fraction of sp³-hybridized carbons (Fsp3) is 0.500. The molecule has 0 aromatic heterocycles. The Morgan fingerprint density at radius 3 is 2.28 bits per heavy atom. The number of amides is 1. The van der Waals surface area contributed by atoms with Gasteiger partial charge in [-0.15, -0.1) is 12.4 Å². The van der Waals surface area contributed by atoms with E-state index in [1.807, 2.05) is 30.3 Å². The third kappa shape index (κ3) is 4.00. The lowest BCUT2D eigenvalue weighted by atomic mass is 9.91. The van der Waals surface area contributed by atoms with E-state index in [0.29, 0.717) is 5.92 Å². The Morgan fingerprint density at radius 1 is 1.33 bits per heavy atom. The molecule has 0 fully saturated rings. The molecule has 1 unspecified atom stereocenters. The molecule has 0 bridgehead atoms. The molecular formula is C14H23ClN2O. The second-order valence-electron chi connectivity index (χ2n) is 5.15. The van der Waals surface area contributed by atoms with Gasteiger partial charge in [0.25, 0.3) is 0 Å². The van der Waals surface area contributed by atoms with Gasteiger partial charge in [0.15, 0.2) is 0 Å². The molecular weight excluding hydrogens is 248 g/mol. The molecule has 1 aromatic carbocycles. The Morgan fingerprint density at radius 2 is 1.83 bits per heavy atom. The minimum absolute atomic E-state index is 0. The Labute approximate surface area is 116 Å². The average molecular weight is 271 g/mol. The molecule has 0 spiro atoms. The van der Waals surface area contributed by atoms with E-state index in [1.165, 1.54) is 0 Å². The number of hydrogen-bond acceptors (Lipinski definition) is 2. The van der Waals surface area contributed by atoms with E-state index < -0.39 is 5.54 Å². The second-order valence-corrected chi connectivity index (χ2v) is 5.15. The topological polar surface area (TPSA) is 46.3 Å². The van der Waals surface area contributed by atoms with Crippen LogP contribution in [-0.2, 0) is 10.3 Å². The van der Waals surface area contributed by atoms with Gasteiger partial charge in [-0.3, -0.25) is 4.79 Å². The van der Waals surface area contributed by atoms with Crippen LogP contribution < -0.4 is 5.73 Å². The fourth-order valence-corrected chi connectivity index (χ4v) is 1.93. The van der Waals surface area contributed by atoms with Gasteiger partial charge in [-0.05, 0) is 18.4 Å². The second kappa shape index (κ2) is 6.76. The van der Waals surface area contributed by atoms with Gasteiger partial charge >= 0.3 is 0 Å². The zero-order chi connectivity index (χ0) is 13.1. The van der Waals surface area contributed by atoms with Crippen LogP contribution in [0.1, 0.15) is 26.3 Å². The third-order valence-corrected chi connectivity index (χ3v) is 2.80. The van der Waals surface area contributed by atoms with Crippen LogP contribution in [0, 0.1) is 5.92 Å². The lowest BCUT2D eigenvalue weighted by molar-refractivity contribution is -0.135. The minimum atomic E-state index is -0.953. The largest absolute Gasteiger partial charge is 0.344 e. The summed E-state index contributed by atoms with van der Waals surface area (Å²) in [6, 6.07) is 9.50. The molecule has 18 heavy (non-hydrogen) atoms. The van der Waals surface area contributed by atoms with Crippen molar-refractivity contribution in [3.05, 3.63) is 35.9 Å². The quantitative estimate of drug-likeness (QED) is 0.913. The van der Waals surface area contributed by atoms with Crippen LogP contribution in [-0.4, -0.2) is 24.4 Å². The van der Waals surface area contributed by atoms with E-state index in [0.717, 1.165) is 12.1 Å². The number of benzene rings is 1. The number of rotatable bonds is 4. The lowest BCUT2D eigenvalue weighted by Gasteiger charge is -2.30. The maximum atomic E-state index is 12.3. The molecule has 3 nitrogen and oxygen atoms in total. The molecule has 0 heterocycles. The number of hydrogen-bond donors (Lipinski definition) is 1. The Bertz CT molecular complexity index is 377. The standard InChI is InChI=1S/C14H22N2O.ClH/c1-11(2)10-16(4)13(17)14(3,15)12-8-6-5-7-9-12;/h5-9,11H,10,15H2,1-4H3;1H. The number of nitrogens with two attached hydrogens (primary N) is 1. The van der Waals surface area contributed by atoms with Crippen LogP contribution in [0.2, 0.25) is 0 Å². The highest BCUT2D eigenvalue weighted by molar-refractivity contribution is 5.86. The molecule has 0 saturated carbocycles. The Balaban J connectivity index is 0.00000289. The molecule has 0 aliphatic heterocycles. The van der Waals surface area contributed by atoms with Gasteiger partial charge in [0.1, 0.15) is 5.54 Å². The summed E-state index contributed by atoms with van der Waals surface area (Å²) in [5.41, 5.74) is 6.06.